The number of nitrogens with zero attached hydrogens (tertiary/aromatic N) is 2. The molecule has 1 aromatic carbocycles. The number of hydrogen-bond acceptors (Lipinski definition) is 3. The average molecular weight is 350 g/mol. The molecular weight excluding hydrogens is 333 g/mol. The molecule has 110 valence electrons. The van der Waals surface area contributed by atoms with Crippen LogP contribution < -0.4 is 5.32 Å². The van der Waals surface area contributed by atoms with E-state index < -0.39 is 0 Å². The summed E-state index contributed by atoms with van der Waals surface area (Å²) in [6.07, 6.45) is 0.906. The maximum atomic E-state index is 13.3. The summed E-state index contributed by atoms with van der Waals surface area (Å²) in [6, 6.07) is 4.63. The van der Waals surface area contributed by atoms with Gasteiger partial charge in [0.15, 0.2) is 5.82 Å². The van der Waals surface area contributed by atoms with Crippen LogP contribution in [0.4, 0.5) is 4.39 Å². The molecule has 0 spiro atoms. The van der Waals surface area contributed by atoms with Crippen LogP contribution in [0.2, 0.25) is 0 Å². The normalized spacial score (nSPS) is 14.3. The molecule has 3 nitrogen and oxygen atoms in total. The Kier molecular flexibility index (Phi) is 4.04. The van der Waals surface area contributed by atoms with Crippen molar-refractivity contribution in [3.63, 3.8) is 0 Å². The van der Waals surface area contributed by atoms with Crippen LogP contribution in [0.3, 0.4) is 0 Å². The Morgan fingerprint density at radius 3 is 2.81 bits per heavy atom. The molecule has 0 fully saturated rings. The van der Waals surface area contributed by atoms with E-state index in [1.807, 2.05) is 0 Å². The second-order valence-corrected chi connectivity index (χ2v) is 6.42. The van der Waals surface area contributed by atoms with Gasteiger partial charge in [-0.1, -0.05) is 13.8 Å². The maximum Gasteiger partial charge on any atom is 0.160 e. The number of hydrogen-bond donors (Lipinski definition) is 1. The van der Waals surface area contributed by atoms with E-state index in [0.717, 1.165) is 36.5 Å². The smallest absolute Gasteiger partial charge is 0.160 e. The van der Waals surface area contributed by atoms with E-state index in [0.29, 0.717) is 16.2 Å². The molecule has 0 radical (unpaired) electrons. The molecule has 3 rings (SSSR count). The Balaban J connectivity index is 2.17. The summed E-state index contributed by atoms with van der Waals surface area (Å²) in [5, 5.41) is 3.38. The summed E-state index contributed by atoms with van der Waals surface area (Å²) in [5.74, 6) is 0.739. The van der Waals surface area contributed by atoms with Crippen LogP contribution in [-0.4, -0.2) is 16.5 Å². The van der Waals surface area contributed by atoms with Gasteiger partial charge in [-0.15, -0.1) is 0 Å². The molecular formula is C16H17BrFN3. The molecule has 1 aromatic heterocycles. The van der Waals surface area contributed by atoms with Gasteiger partial charge >= 0.3 is 0 Å². The molecule has 0 amide bonds. The summed E-state index contributed by atoms with van der Waals surface area (Å²) < 4.78 is 14.0. The zero-order valence-electron chi connectivity index (χ0n) is 12.1. The third kappa shape index (κ3) is 2.85. The molecule has 1 aliphatic rings. The van der Waals surface area contributed by atoms with Gasteiger partial charge in [-0.25, -0.2) is 14.4 Å². The van der Waals surface area contributed by atoms with Crippen LogP contribution >= 0.6 is 15.9 Å². The quantitative estimate of drug-likeness (QED) is 0.895. The lowest BCUT2D eigenvalue weighted by molar-refractivity contribution is 0.609. The fraction of sp³-hybridized carbons (Fsp3) is 0.375. The summed E-state index contributed by atoms with van der Waals surface area (Å²) in [4.78, 5) is 9.46. The van der Waals surface area contributed by atoms with E-state index in [1.165, 1.54) is 17.7 Å². The first kappa shape index (κ1) is 14.6. The zero-order valence-corrected chi connectivity index (χ0v) is 13.7. The minimum absolute atomic E-state index is 0.267. The summed E-state index contributed by atoms with van der Waals surface area (Å²) >= 11 is 3.41. The van der Waals surface area contributed by atoms with Crippen molar-refractivity contribution in [2.45, 2.75) is 32.7 Å². The molecule has 1 N–H and O–H groups in total. The lowest BCUT2D eigenvalue weighted by atomic mass is 9.98. The SMILES string of the molecule is CC(C)c1nc(-c2ccc(F)cc2Br)nc2c1CNCC2. The van der Waals surface area contributed by atoms with Crippen LogP contribution in [0.5, 0.6) is 0 Å². The third-order valence-corrected chi connectivity index (χ3v) is 4.34. The molecule has 0 unspecified atom stereocenters. The van der Waals surface area contributed by atoms with Gasteiger partial charge in [-0.3, -0.25) is 0 Å². The fourth-order valence-corrected chi connectivity index (χ4v) is 3.17. The monoisotopic (exact) mass is 349 g/mol. The van der Waals surface area contributed by atoms with Crippen LogP contribution in [-0.2, 0) is 13.0 Å². The lowest BCUT2D eigenvalue weighted by Gasteiger charge is -2.22. The molecule has 21 heavy (non-hydrogen) atoms. The predicted octanol–water partition coefficient (Wildman–Crippen LogP) is 3.81. The van der Waals surface area contributed by atoms with Crippen molar-refractivity contribution in [3.05, 3.63) is 45.4 Å². The van der Waals surface area contributed by atoms with Crippen molar-refractivity contribution in [2.75, 3.05) is 6.54 Å². The topological polar surface area (TPSA) is 37.8 Å². The fourth-order valence-electron chi connectivity index (χ4n) is 2.64. The number of rotatable bonds is 2. The number of fused-ring (bicyclic) bond motifs is 1. The van der Waals surface area contributed by atoms with E-state index in [1.54, 1.807) is 6.07 Å². The van der Waals surface area contributed by atoms with E-state index in [9.17, 15) is 4.39 Å². The van der Waals surface area contributed by atoms with Gasteiger partial charge < -0.3 is 5.32 Å². The second-order valence-electron chi connectivity index (χ2n) is 5.56. The van der Waals surface area contributed by atoms with Crippen molar-refractivity contribution >= 4 is 15.9 Å². The molecule has 0 saturated carbocycles. The first-order valence-corrected chi connectivity index (χ1v) is 7.91. The number of aromatic nitrogens is 2. The van der Waals surface area contributed by atoms with Crippen LogP contribution in [0.1, 0.15) is 36.7 Å². The van der Waals surface area contributed by atoms with Crippen molar-refractivity contribution in [3.8, 4) is 11.4 Å². The van der Waals surface area contributed by atoms with Crippen LogP contribution in [0.15, 0.2) is 22.7 Å². The van der Waals surface area contributed by atoms with Crippen molar-refractivity contribution < 1.29 is 4.39 Å². The molecule has 0 bridgehead atoms. The van der Waals surface area contributed by atoms with Gasteiger partial charge in [0.25, 0.3) is 0 Å². The average Bonchev–Trinajstić information content (AvgIpc) is 2.46. The third-order valence-electron chi connectivity index (χ3n) is 3.68. The van der Waals surface area contributed by atoms with E-state index in [4.69, 9.17) is 9.97 Å². The Hall–Kier alpha value is -1.33. The molecule has 0 atom stereocenters. The van der Waals surface area contributed by atoms with E-state index >= 15 is 0 Å². The maximum absolute atomic E-state index is 13.3. The van der Waals surface area contributed by atoms with Gasteiger partial charge in [0.05, 0.1) is 11.4 Å². The van der Waals surface area contributed by atoms with Gasteiger partial charge in [-0.2, -0.15) is 0 Å². The highest BCUT2D eigenvalue weighted by atomic mass is 79.9. The summed E-state index contributed by atoms with van der Waals surface area (Å²) in [5.41, 5.74) is 4.25. The standard InChI is InChI=1S/C16H17BrFN3/c1-9(2)15-12-8-19-6-5-14(12)20-16(21-15)11-4-3-10(18)7-13(11)17/h3-4,7,9,19H,5-6,8H2,1-2H3. The van der Waals surface area contributed by atoms with Crippen molar-refractivity contribution in [1.29, 1.82) is 0 Å². The predicted molar refractivity (Wildman–Crippen MR) is 84.6 cm³/mol. The Morgan fingerprint density at radius 2 is 2.10 bits per heavy atom. The van der Waals surface area contributed by atoms with E-state index in [-0.39, 0.29) is 5.82 Å². The van der Waals surface area contributed by atoms with Crippen LogP contribution in [0.25, 0.3) is 11.4 Å². The lowest BCUT2D eigenvalue weighted by Crippen LogP contribution is -2.27. The van der Waals surface area contributed by atoms with Gasteiger partial charge in [0, 0.05) is 35.1 Å². The van der Waals surface area contributed by atoms with Crippen molar-refractivity contribution in [1.82, 2.24) is 15.3 Å². The molecule has 0 saturated heterocycles. The minimum atomic E-state index is -0.267. The zero-order chi connectivity index (χ0) is 15.0. The highest BCUT2D eigenvalue weighted by Crippen LogP contribution is 2.30. The van der Waals surface area contributed by atoms with Gasteiger partial charge in [0.2, 0.25) is 0 Å². The molecule has 2 heterocycles. The summed E-state index contributed by atoms with van der Waals surface area (Å²) in [7, 11) is 0. The largest absolute Gasteiger partial charge is 0.312 e. The highest BCUT2D eigenvalue weighted by Gasteiger charge is 2.20. The van der Waals surface area contributed by atoms with Gasteiger partial charge in [0.1, 0.15) is 5.82 Å². The molecule has 5 heteroatoms. The first-order chi connectivity index (χ1) is 10.1. The molecule has 0 aliphatic carbocycles. The Labute approximate surface area is 132 Å². The van der Waals surface area contributed by atoms with Crippen molar-refractivity contribution in [2.24, 2.45) is 0 Å². The summed E-state index contributed by atoms with van der Waals surface area (Å²) in [6.45, 7) is 6.04. The molecule has 1 aliphatic heterocycles. The van der Waals surface area contributed by atoms with Crippen LogP contribution in [0, 0.1) is 5.82 Å². The van der Waals surface area contributed by atoms with Gasteiger partial charge in [-0.05, 0) is 40.0 Å². The molecule has 2 aromatic rings. The Bertz CT molecular complexity index is 685. The number of benzene rings is 1. The number of nitrogens with one attached hydrogen (secondary N) is 1. The highest BCUT2D eigenvalue weighted by molar-refractivity contribution is 9.10. The van der Waals surface area contributed by atoms with E-state index in [2.05, 4.69) is 35.1 Å². The second kappa shape index (κ2) is 5.81. The Morgan fingerprint density at radius 1 is 1.29 bits per heavy atom. The first-order valence-electron chi connectivity index (χ1n) is 7.12. The number of halogens is 2. The minimum Gasteiger partial charge on any atom is -0.312 e.